The van der Waals surface area contributed by atoms with Crippen LogP contribution < -0.4 is 0 Å². The quantitative estimate of drug-likeness (QED) is 0.505. The average Bonchev–Trinajstić information content (AvgIpc) is 3.04. The van der Waals surface area contributed by atoms with E-state index in [0.29, 0.717) is 0 Å². The van der Waals surface area contributed by atoms with E-state index >= 15 is 0 Å². The number of nitrogens with zero attached hydrogens (tertiary/aromatic N) is 2. The Morgan fingerprint density at radius 3 is 2.72 bits per heavy atom. The fourth-order valence-electron chi connectivity index (χ4n) is 2.05. The van der Waals surface area contributed by atoms with Crippen LogP contribution in [0.3, 0.4) is 0 Å². The molecule has 18 heavy (non-hydrogen) atoms. The minimum Gasteiger partial charge on any atom is -0.244 e. The molecule has 0 amide bonds. The van der Waals surface area contributed by atoms with Crippen molar-refractivity contribution in [3.05, 3.63) is 48.0 Å². The molecule has 0 bridgehead atoms. The molecule has 0 fully saturated rings. The zero-order valence-electron chi connectivity index (χ0n) is 9.33. The molecular formula is C14H8N2S2. The van der Waals surface area contributed by atoms with Gasteiger partial charge in [-0.15, -0.1) is 22.7 Å². The normalized spacial score (nSPS) is 11.3. The van der Waals surface area contributed by atoms with Crippen LogP contribution in [-0.2, 0) is 0 Å². The van der Waals surface area contributed by atoms with Gasteiger partial charge in [0.2, 0.25) is 0 Å². The second-order valence-corrected chi connectivity index (χ2v) is 5.91. The van der Waals surface area contributed by atoms with Crippen LogP contribution in [0.4, 0.5) is 0 Å². The molecule has 2 aromatic heterocycles. The largest absolute Gasteiger partial charge is 0.244 e. The highest BCUT2D eigenvalue weighted by molar-refractivity contribution is 7.22. The monoisotopic (exact) mass is 268 g/mol. The summed E-state index contributed by atoms with van der Waals surface area (Å²) in [6.45, 7) is 0. The summed E-state index contributed by atoms with van der Waals surface area (Å²) in [5.74, 6) is 0. The smallest absolute Gasteiger partial charge is 0.126 e. The van der Waals surface area contributed by atoms with E-state index in [2.05, 4.69) is 35.3 Å². The predicted molar refractivity (Wildman–Crippen MR) is 78.2 cm³/mol. The van der Waals surface area contributed by atoms with Crippen molar-refractivity contribution in [3.63, 3.8) is 0 Å². The van der Waals surface area contributed by atoms with Gasteiger partial charge in [-0.1, -0.05) is 18.2 Å². The average molecular weight is 268 g/mol. The first kappa shape index (κ1) is 10.2. The molecule has 0 unspecified atom stereocenters. The Bertz CT molecular complexity index is 812. The summed E-state index contributed by atoms with van der Waals surface area (Å²) in [6, 6.07) is 14.5. The third kappa shape index (κ3) is 1.46. The molecule has 2 heterocycles. The van der Waals surface area contributed by atoms with E-state index in [-0.39, 0.29) is 0 Å². The van der Waals surface area contributed by atoms with E-state index in [9.17, 15) is 0 Å². The van der Waals surface area contributed by atoms with Gasteiger partial charge in [-0.05, 0) is 24.3 Å². The van der Waals surface area contributed by atoms with Crippen molar-refractivity contribution in [1.82, 2.24) is 9.97 Å². The highest BCUT2D eigenvalue weighted by Crippen LogP contribution is 2.34. The molecule has 4 rings (SSSR count). The van der Waals surface area contributed by atoms with Crippen molar-refractivity contribution < 1.29 is 0 Å². The summed E-state index contributed by atoms with van der Waals surface area (Å²) in [6.07, 6.45) is 0. The van der Waals surface area contributed by atoms with E-state index < -0.39 is 0 Å². The third-order valence-electron chi connectivity index (χ3n) is 2.88. The fraction of sp³-hybridized carbons (Fsp3) is 0. The molecule has 4 heteroatoms. The van der Waals surface area contributed by atoms with Gasteiger partial charge in [0.15, 0.2) is 0 Å². The lowest BCUT2D eigenvalue weighted by Crippen LogP contribution is -1.78. The number of aromatic nitrogens is 2. The van der Waals surface area contributed by atoms with E-state index in [4.69, 9.17) is 4.98 Å². The number of thiazole rings is 2. The van der Waals surface area contributed by atoms with E-state index in [1.165, 1.54) is 9.40 Å². The van der Waals surface area contributed by atoms with Gasteiger partial charge in [0, 0.05) is 5.56 Å². The number of hydrogen-bond donors (Lipinski definition) is 0. The van der Waals surface area contributed by atoms with Crippen LogP contribution in [0.5, 0.6) is 0 Å². The highest BCUT2D eigenvalue weighted by Gasteiger charge is 2.10. The van der Waals surface area contributed by atoms with Crippen molar-refractivity contribution in [2.24, 2.45) is 0 Å². The summed E-state index contributed by atoms with van der Waals surface area (Å²) in [4.78, 5) is 9.15. The van der Waals surface area contributed by atoms with Gasteiger partial charge in [-0.3, -0.25) is 0 Å². The molecular weight excluding hydrogens is 260 g/mol. The Kier molecular flexibility index (Phi) is 2.18. The van der Waals surface area contributed by atoms with E-state index in [1.807, 2.05) is 17.6 Å². The van der Waals surface area contributed by atoms with Crippen LogP contribution in [0.1, 0.15) is 0 Å². The molecule has 0 saturated carbocycles. The maximum atomic E-state index is 4.70. The Morgan fingerprint density at radius 2 is 1.78 bits per heavy atom. The Labute approximate surface area is 112 Å². The SMILES string of the molecule is c1ccc2sc(-c3cccc4scnc34)nc2c1. The van der Waals surface area contributed by atoms with Crippen molar-refractivity contribution in [3.8, 4) is 10.6 Å². The van der Waals surface area contributed by atoms with Gasteiger partial charge in [0.05, 0.1) is 25.9 Å². The Balaban J connectivity index is 2.04. The molecule has 0 aliphatic rings. The zero-order chi connectivity index (χ0) is 11.9. The maximum absolute atomic E-state index is 4.70. The standard InChI is InChI=1S/C14H8N2S2/c1-2-6-11-10(5-1)16-14(18-11)9-4-3-7-12-13(9)15-8-17-12/h1-8H. The van der Waals surface area contributed by atoms with Crippen LogP contribution in [0.2, 0.25) is 0 Å². The van der Waals surface area contributed by atoms with Crippen molar-refractivity contribution in [2.45, 2.75) is 0 Å². The molecule has 0 spiro atoms. The second kappa shape index (κ2) is 3.86. The summed E-state index contributed by atoms with van der Waals surface area (Å²) in [5, 5.41) is 1.05. The van der Waals surface area contributed by atoms with Gasteiger partial charge < -0.3 is 0 Å². The zero-order valence-corrected chi connectivity index (χ0v) is 11.0. The van der Waals surface area contributed by atoms with E-state index in [1.54, 1.807) is 22.7 Å². The van der Waals surface area contributed by atoms with Crippen molar-refractivity contribution in [1.29, 1.82) is 0 Å². The minimum absolute atomic E-state index is 1.05. The van der Waals surface area contributed by atoms with Crippen LogP contribution >= 0.6 is 22.7 Å². The van der Waals surface area contributed by atoms with Crippen LogP contribution in [0.15, 0.2) is 48.0 Å². The molecule has 2 nitrogen and oxygen atoms in total. The molecule has 0 atom stereocenters. The second-order valence-electron chi connectivity index (χ2n) is 3.99. The lowest BCUT2D eigenvalue weighted by Gasteiger charge is -1.96. The Hall–Kier alpha value is -1.78. The van der Waals surface area contributed by atoms with Gasteiger partial charge >= 0.3 is 0 Å². The van der Waals surface area contributed by atoms with Gasteiger partial charge in [0.1, 0.15) is 5.01 Å². The van der Waals surface area contributed by atoms with Crippen molar-refractivity contribution in [2.75, 3.05) is 0 Å². The third-order valence-corrected chi connectivity index (χ3v) is 4.75. The van der Waals surface area contributed by atoms with Crippen LogP contribution in [0.25, 0.3) is 31.0 Å². The first-order valence-corrected chi connectivity index (χ1v) is 7.29. The molecule has 86 valence electrons. The minimum atomic E-state index is 1.05. The summed E-state index contributed by atoms with van der Waals surface area (Å²) < 4.78 is 2.44. The molecule has 0 N–H and O–H groups in total. The number of hydrogen-bond acceptors (Lipinski definition) is 4. The predicted octanol–water partition coefficient (Wildman–Crippen LogP) is 4.57. The number of fused-ring (bicyclic) bond motifs is 2. The molecule has 0 aliphatic heterocycles. The number of benzene rings is 2. The molecule has 0 radical (unpaired) electrons. The first-order valence-electron chi connectivity index (χ1n) is 5.60. The van der Waals surface area contributed by atoms with Gasteiger partial charge in [-0.2, -0.15) is 0 Å². The van der Waals surface area contributed by atoms with Crippen molar-refractivity contribution >= 4 is 43.1 Å². The fourth-order valence-corrected chi connectivity index (χ4v) is 3.74. The summed E-state index contributed by atoms with van der Waals surface area (Å²) in [7, 11) is 0. The number of rotatable bonds is 1. The molecule has 0 aliphatic carbocycles. The van der Waals surface area contributed by atoms with Gasteiger partial charge in [0.25, 0.3) is 0 Å². The number of para-hydroxylation sites is 2. The summed E-state index contributed by atoms with van der Waals surface area (Å²) >= 11 is 3.39. The van der Waals surface area contributed by atoms with Gasteiger partial charge in [-0.25, -0.2) is 9.97 Å². The lowest BCUT2D eigenvalue weighted by molar-refractivity contribution is 1.45. The molecule has 0 saturated heterocycles. The lowest BCUT2D eigenvalue weighted by atomic mass is 10.2. The summed E-state index contributed by atoms with van der Waals surface area (Å²) in [5.41, 5.74) is 5.14. The first-order chi connectivity index (χ1) is 8.92. The molecule has 4 aromatic rings. The molecule has 2 aromatic carbocycles. The van der Waals surface area contributed by atoms with Crippen LogP contribution in [-0.4, -0.2) is 9.97 Å². The van der Waals surface area contributed by atoms with E-state index in [0.717, 1.165) is 21.6 Å². The highest BCUT2D eigenvalue weighted by atomic mass is 32.1. The topological polar surface area (TPSA) is 25.8 Å². The maximum Gasteiger partial charge on any atom is 0.126 e. The van der Waals surface area contributed by atoms with Crippen LogP contribution in [0, 0.1) is 0 Å². The Morgan fingerprint density at radius 1 is 0.889 bits per heavy atom.